The van der Waals surface area contributed by atoms with Crippen molar-refractivity contribution in [2.75, 3.05) is 7.05 Å². The van der Waals surface area contributed by atoms with E-state index in [0.29, 0.717) is 0 Å². The van der Waals surface area contributed by atoms with Gasteiger partial charge in [-0.3, -0.25) is 0 Å². The molecule has 0 bridgehead atoms. The Labute approximate surface area is 85.1 Å². The van der Waals surface area contributed by atoms with Crippen molar-refractivity contribution in [1.29, 1.82) is 0 Å². The van der Waals surface area contributed by atoms with Crippen molar-refractivity contribution in [1.82, 2.24) is 3.54 Å². The van der Waals surface area contributed by atoms with Crippen molar-refractivity contribution < 1.29 is 0 Å². The van der Waals surface area contributed by atoms with Crippen molar-refractivity contribution in [3.63, 3.8) is 0 Å². The Morgan fingerprint density at radius 2 is 2.00 bits per heavy atom. The molecule has 0 heterocycles. The Hall–Kier alpha value is -0.0213. The first-order valence-corrected chi connectivity index (χ1v) is 7.73. The third-order valence-corrected chi connectivity index (χ3v) is 5.29. The standard InChI is InChI=1S/C9H11.CH4N.Sn/c1-8(2)9-6-4-3-5-7-9;1-2;/h3-8H,1H2,2H3;2H,1H3;/q;-1;+1. The summed E-state index contributed by atoms with van der Waals surface area (Å²) in [4.78, 5) is 0. The predicted molar refractivity (Wildman–Crippen MR) is 54.5 cm³/mol. The van der Waals surface area contributed by atoms with E-state index >= 15 is 0 Å². The van der Waals surface area contributed by atoms with Crippen LogP contribution in [0.15, 0.2) is 30.3 Å². The Bertz CT molecular complexity index is 210. The zero-order chi connectivity index (χ0) is 8.81. The molecule has 1 atom stereocenters. The molecule has 0 fully saturated rings. The predicted octanol–water partition coefficient (Wildman–Crippen LogP) is 2.05. The summed E-state index contributed by atoms with van der Waals surface area (Å²) in [7, 11) is 2.07. The summed E-state index contributed by atoms with van der Waals surface area (Å²) >= 11 is -0.269. The molecule has 0 saturated heterocycles. The minimum atomic E-state index is -0.269. The van der Waals surface area contributed by atoms with Crippen molar-refractivity contribution in [2.45, 2.75) is 17.3 Å². The third-order valence-electron chi connectivity index (χ3n) is 1.95. The van der Waals surface area contributed by atoms with Gasteiger partial charge < -0.3 is 0 Å². The van der Waals surface area contributed by atoms with Gasteiger partial charge in [0, 0.05) is 0 Å². The molecule has 1 nitrogen and oxygen atoms in total. The molecule has 12 heavy (non-hydrogen) atoms. The molecule has 0 spiro atoms. The van der Waals surface area contributed by atoms with Crippen LogP contribution in [0.25, 0.3) is 0 Å². The molecule has 1 unspecified atom stereocenters. The first-order chi connectivity index (χ1) is 5.84. The second-order valence-electron chi connectivity index (χ2n) is 2.94. The van der Waals surface area contributed by atoms with E-state index in [0.717, 1.165) is 5.92 Å². The zero-order valence-corrected chi connectivity index (χ0v) is 10.5. The average Bonchev–Trinajstić information content (AvgIpc) is 2.15. The molecule has 64 valence electrons. The molecule has 0 aliphatic rings. The summed E-state index contributed by atoms with van der Waals surface area (Å²) in [5, 5.41) is 0. The number of nitrogens with one attached hydrogen (secondary N) is 1. The van der Waals surface area contributed by atoms with E-state index < -0.39 is 0 Å². The van der Waals surface area contributed by atoms with Gasteiger partial charge >= 0.3 is 85.2 Å². The van der Waals surface area contributed by atoms with E-state index in [2.05, 4.69) is 47.8 Å². The van der Waals surface area contributed by atoms with Gasteiger partial charge in [-0.15, -0.1) is 0 Å². The van der Waals surface area contributed by atoms with Crippen molar-refractivity contribution in [3.8, 4) is 0 Å². The van der Waals surface area contributed by atoms with Gasteiger partial charge in [0.1, 0.15) is 0 Å². The molecular weight excluding hydrogens is 253 g/mol. The van der Waals surface area contributed by atoms with Crippen LogP contribution in [0.3, 0.4) is 0 Å². The second-order valence-corrected chi connectivity index (χ2v) is 6.54. The van der Waals surface area contributed by atoms with Crippen LogP contribution in [0.2, 0.25) is 4.44 Å². The van der Waals surface area contributed by atoms with Crippen LogP contribution in [0.4, 0.5) is 0 Å². The molecule has 2 heteroatoms. The van der Waals surface area contributed by atoms with E-state index in [1.54, 1.807) is 0 Å². The van der Waals surface area contributed by atoms with Crippen LogP contribution in [0.1, 0.15) is 18.4 Å². The molecule has 1 aromatic carbocycles. The van der Waals surface area contributed by atoms with Crippen LogP contribution < -0.4 is 3.54 Å². The summed E-state index contributed by atoms with van der Waals surface area (Å²) in [6.07, 6.45) is 0. The molecule has 0 amide bonds. The van der Waals surface area contributed by atoms with Gasteiger partial charge in [-0.05, 0) is 0 Å². The molecule has 1 N–H and O–H groups in total. The normalized spacial score (nSPS) is 12.8. The molecule has 0 aliphatic heterocycles. The van der Waals surface area contributed by atoms with E-state index in [-0.39, 0.29) is 21.4 Å². The van der Waals surface area contributed by atoms with Gasteiger partial charge in [-0.1, -0.05) is 0 Å². The number of benzene rings is 1. The average molecular weight is 268 g/mol. The quantitative estimate of drug-likeness (QED) is 0.824. The fourth-order valence-corrected chi connectivity index (χ4v) is 3.28. The van der Waals surface area contributed by atoms with E-state index in [4.69, 9.17) is 0 Å². The summed E-state index contributed by atoms with van der Waals surface area (Å²) in [5.41, 5.74) is 1.48. The van der Waals surface area contributed by atoms with Gasteiger partial charge in [-0.2, -0.15) is 0 Å². The van der Waals surface area contributed by atoms with Gasteiger partial charge in [-0.25, -0.2) is 0 Å². The maximum atomic E-state index is 3.34. The Kier molecular flexibility index (Phi) is 4.69. The maximum absolute atomic E-state index is 3.34. The van der Waals surface area contributed by atoms with E-state index in [9.17, 15) is 0 Å². The second kappa shape index (κ2) is 5.59. The van der Waals surface area contributed by atoms with E-state index in [1.165, 1.54) is 10.0 Å². The SMILES string of the molecule is C[NH][Sn][CH2]C(C)c1ccccc1. The van der Waals surface area contributed by atoms with Gasteiger partial charge in [0.15, 0.2) is 0 Å². The summed E-state index contributed by atoms with van der Waals surface area (Å²) in [5.74, 6) is 0.741. The molecule has 0 aromatic heterocycles. The summed E-state index contributed by atoms with van der Waals surface area (Å²) in [6, 6.07) is 10.8. The number of hydrogen-bond donors (Lipinski definition) is 1. The molecule has 0 saturated carbocycles. The van der Waals surface area contributed by atoms with Crippen molar-refractivity contribution in [3.05, 3.63) is 35.9 Å². The van der Waals surface area contributed by atoms with Gasteiger partial charge in [0.05, 0.1) is 0 Å². The topological polar surface area (TPSA) is 12.0 Å². The summed E-state index contributed by atoms with van der Waals surface area (Å²) in [6.45, 7) is 2.31. The van der Waals surface area contributed by atoms with Crippen molar-refractivity contribution >= 4 is 21.4 Å². The Morgan fingerprint density at radius 3 is 2.58 bits per heavy atom. The monoisotopic (exact) mass is 269 g/mol. The molecule has 0 aliphatic carbocycles. The van der Waals surface area contributed by atoms with Crippen LogP contribution in [-0.4, -0.2) is 28.5 Å². The minimum absolute atomic E-state index is 0.269. The molecule has 2 radical (unpaired) electrons. The fraction of sp³-hybridized carbons (Fsp3) is 0.400. The fourth-order valence-electron chi connectivity index (χ4n) is 1.15. The molecular formula is C10H15NSn. The Morgan fingerprint density at radius 1 is 1.33 bits per heavy atom. The van der Waals surface area contributed by atoms with Crippen LogP contribution in [-0.2, 0) is 0 Å². The molecule has 1 aromatic rings. The third kappa shape index (κ3) is 3.15. The van der Waals surface area contributed by atoms with Crippen molar-refractivity contribution in [2.24, 2.45) is 0 Å². The number of rotatable bonds is 4. The first kappa shape index (κ1) is 10.1. The number of hydrogen-bond acceptors (Lipinski definition) is 1. The van der Waals surface area contributed by atoms with E-state index in [1.807, 2.05) is 0 Å². The van der Waals surface area contributed by atoms with Crippen LogP contribution in [0.5, 0.6) is 0 Å². The van der Waals surface area contributed by atoms with Crippen LogP contribution in [0, 0.1) is 0 Å². The van der Waals surface area contributed by atoms with Crippen LogP contribution >= 0.6 is 0 Å². The van der Waals surface area contributed by atoms with Gasteiger partial charge in [0.2, 0.25) is 0 Å². The Balaban J connectivity index is 2.48. The van der Waals surface area contributed by atoms with Gasteiger partial charge in [0.25, 0.3) is 0 Å². The summed E-state index contributed by atoms with van der Waals surface area (Å²) < 4.78 is 4.72. The zero-order valence-electron chi connectivity index (χ0n) is 7.67. The first-order valence-electron chi connectivity index (χ1n) is 4.29. The molecule has 1 rings (SSSR count).